The van der Waals surface area contributed by atoms with E-state index in [9.17, 15) is 0 Å². The molecule has 0 N–H and O–H groups in total. The third-order valence-corrected chi connectivity index (χ3v) is 5.89. The first-order valence-electron chi connectivity index (χ1n) is 8.91. The third kappa shape index (κ3) is 4.04. The SMILES string of the molecule is Cc1nc(SCc2ccc(C(C)C)cc2)n(CC2CCCO2)c1C. The second-order valence-electron chi connectivity index (χ2n) is 7.00. The van der Waals surface area contributed by atoms with Crippen molar-refractivity contribution in [3.05, 3.63) is 46.8 Å². The van der Waals surface area contributed by atoms with Crippen molar-refractivity contribution in [3.63, 3.8) is 0 Å². The van der Waals surface area contributed by atoms with E-state index < -0.39 is 0 Å². The molecule has 0 spiro atoms. The van der Waals surface area contributed by atoms with Crippen LogP contribution in [-0.4, -0.2) is 22.3 Å². The number of aromatic nitrogens is 2. The lowest BCUT2D eigenvalue weighted by Crippen LogP contribution is -2.16. The molecular formula is C20H28N2OS. The van der Waals surface area contributed by atoms with Crippen LogP contribution in [0.4, 0.5) is 0 Å². The molecule has 0 radical (unpaired) electrons. The van der Waals surface area contributed by atoms with Crippen molar-refractivity contribution in [2.24, 2.45) is 0 Å². The average molecular weight is 345 g/mol. The van der Waals surface area contributed by atoms with E-state index in [0.29, 0.717) is 12.0 Å². The first-order chi connectivity index (χ1) is 11.5. The Kier molecular flexibility index (Phi) is 5.67. The van der Waals surface area contributed by atoms with Crippen LogP contribution in [0.3, 0.4) is 0 Å². The molecule has 1 unspecified atom stereocenters. The van der Waals surface area contributed by atoms with E-state index in [0.717, 1.165) is 36.2 Å². The van der Waals surface area contributed by atoms with Crippen LogP contribution in [0, 0.1) is 13.8 Å². The van der Waals surface area contributed by atoms with Crippen molar-refractivity contribution >= 4 is 11.8 Å². The van der Waals surface area contributed by atoms with E-state index in [4.69, 9.17) is 9.72 Å². The minimum absolute atomic E-state index is 0.349. The molecule has 1 aliphatic heterocycles. The van der Waals surface area contributed by atoms with Crippen molar-refractivity contribution in [2.45, 2.75) is 70.0 Å². The van der Waals surface area contributed by atoms with Gasteiger partial charge in [-0.05, 0) is 43.7 Å². The van der Waals surface area contributed by atoms with Crippen LogP contribution in [-0.2, 0) is 17.0 Å². The first-order valence-corrected chi connectivity index (χ1v) is 9.90. The Bertz CT molecular complexity index is 670. The molecule has 1 saturated heterocycles. The molecule has 1 aromatic heterocycles. The molecule has 0 bridgehead atoms. The first kappa shape index (κ1) is 17.6. The molecule has 2 heterocycles. The zero-order valence-electron chi connectivity index (χ0n) is 15.2. The van der Waals surface area contributed by atoms with Gasteiger partial charge in [0, 0.05) is 18.1 Å². The van der Waals surface area contributed by atoms with Gasteiger partial charge in [0.25, 0.3) is 0 Å². The largest absolute Gasteiger partial charge is 0.376 e. The topological polar surface area (TPSA) is 27.1 Å². The quantitative estimate of drug-likeness (QED) is 0.683. The van der Waals surface area contributed by atoms with Crippen molar-refractivity contribution in [3.8, 4) is 0 Å². The highest BCUT2D eigenvalue weighted by Gasteiger charge is 2.20. The Hall–Kier alpha value is -1.26. The van der Waals surface area contributed by atoms with E-state index in [1.54, 1.807) is 0 Å². The Labute approximate surface area is 149 Å². The van der Waals surface area contributed by atoms with Crippen LogP contribution < -0.4 is 0 Å². The number of aryl methyl sites for hydroxylation is 1. The second-order valence-corrected chi connectivity index (χ2v) is 7.94. The van der Waals surface area contributed by atoms with Gasteiger partial charge in [0.15, 0.2) is 5.16 Å². The summed E-state index contributed by atoms with van der Waals surface area (Å²) in [6.07, 6.45) is 2.70. The monoisotopic (exact) mass is 344 g/mol. The van der Waals surface area contributed by atoms with Gasteiger partial charge in [-0.3, -0.25) is 0 Å². The van der Waals surface area contributed by atoms with Gasteiger partial charge in [0.1, 0.15) is 0 Å². The van der Waals surface area contributed by atoms with Crippen LogP contribution in [0.15, 0.2) is 29.4 Å². The Morgan fingerprint density at radius 2 is 2.00 bits per heavy atom. The number of hydrogen-bond donors (Lipinski definition) is 0. The fourth-order valence-electron chi connectivity index (χ4n) is 3.09. The number of benzene rings is 1. The van der Waals surface area contributed by atoms with Gasteiger partial charge in [-0.15, -0.1) is 0 Å². The van der Waals surface area contributed by atoms with E-state index in [1.165, 1.54) is 23.2 Å². The average Bonchev–Trinajstić information content (AvgIpc) is 3.17. The number of thioether (sulfide) groups is 1. The number of ether oxygens (including phenoxy) is 1. The standard InChI is InChI=1S/C20H28N2OS/c1-14(2)18-9-7-17(8-10-18)13-24-20-21-15(3)16(4)22(20)12-19-6-5-11-23-19/h7-10,14,19H,5-6,11-13H2,1-4H3. The predicted molar refractivity (Wildman–Crippen MR) is 101 cm³/mol. The summed E-state index contributed by atoms with van der Waals surface area (Å²) in [5, 5.41) is 1.12. The van der Waals surface area contributed by atoms with Gasteiger partial charge in [-0.1, -0.05) is 49.9 Å². The van der Waals surface area contributed by atoms with E-state index in [2.05, 4.69) is 56.5 Å². The summed E-state index contributed by atoms with van der Waals surface area (Å²) in [5.41, 5.74) is 5.15. The van der Waals surface area contributed by atoms with E-state index in [-0.39, 0.29) is 0 Å². The minimum Gasteiger partial charge on any atom is -0.376 e. The van der Waals surface area contributed by atoms with Crippen molar-refractivity contribution in [2.75, 3.05) is 6.61 Å². The summed E-state index contributed by atoms with van der Waals surface area (Å²) in [5.74, 6) is 1.54. The fourth-order valence-corrected chi connectivity index (χ4v) is 4.14. The highest BCUT2D eigenvalue weighted by Crippen LogP contribution is 2.27. The molecule has 0 amide bonds. The van der Waals surface area contributed by atoms with Gasteiger partial charge in [0.2, 0.25) is 0 Å². The smallest absolute Gasteiger partial charge is 0.168 e. The molecule has 3 nitrogen and oxygen atoms in total. The molecule has 1 aromatic carbocycles. The third-order valence-electron chi connectivity index (χ3n) is 4.85. The van der Waals surface area contributed by atoms with Gasteiger partial charge in [0.05, 0.1) is 18.3 Å². The number of imidazole rings is 1. The molecule has 0 saturated carbocycles. The van der Waals surface area contributed by atoms with Gasteiger partial charge in [-0.2, -0.15) is 0 Å². The van der Waals surface area contributed by atoms with Gasteiger partial charge < -0.3 is 9.30 Å². The maximum absolute atomic E-state index is 5.82. The molecule has 4 heteroatoms. The van der Waals surface area contributed by atoms with Crippen LogP contribution >= 0.6 is 11.8 Å². The summed E-state index contributed by atoms with van der Waals surface area (Å²) >= 11 is 1.83. The molecule has 1 aliphatic rings. The summed E-state index contributed by atoms with van der Waals surface area (Å²) in [7, 11) is 0. The predicted octanol–water partition coefficient (Wildman–Crippen LogP) is 5.09. The maximum atomic E-state index is 5.82. The fraction of sp³-hybridized carbons (Fsp3) is 0.550. The lowest BCUT2D eigenvalue weighted by molar-refractivity contribution is 0.0945. The molecule has 130 valence electrons. The Morgan fingerprint density at radius 3 is 2.62 bits per heavy atom. The lowest BCUT2D eigenvalue weighted by atomic mass is 10.0. The van der Waals surface area contributed by atoms with Crippen molar-refractivity contribution < 1.29 is 4.74 Å². The summed E-state index contributed by atoms with van der Waals surface area (Å²) in [6.45, 7) is 10.6. The van der Waals surface area contributed by atoms with Crippen LogP contribution in [0.1, 0.15) is 55.1 Å². The number of nitrogens with zero attached hydrogens (tertiary/aromatic N) is 2. The highest BCUT2D eigenvalue weighted by atomic mass is 32.2. The molecule has 1 atom stereocenters. The van der Waals surface area contributed by atoms with Crippen molar-refractivity contribution in [1.82, 2.24) is 9.55 Å². The maximum Gasteiger partial charge on any atom is 0.168 e. The molecule has 0 aliphatic carbocycles. The minimum atomic E-state index is 0.349. The number of hydrogen-bond acceptors (Lipinski definition) is 3. The number of rotatable bonds is 6. The molecule has 3 rings (SSSR count). The molecule has 2 aromatic rings. The van der Waals surface area contributed by atoms with Crippen LogP contribution in [0.2, 0.25) is 0 Å². The normalized spacial score (nSPS) is 17.8. The summed E-state index contributed by atoms with van der Waals surface area (Å²) in [4.78, 5) is 4.78. The zero-order valence-corrected chi connectivity index (χ0v) is 16.0. The van der Waals surface area contributed by atoms with Crippen molar-refractivity contribution in [1.29, 1.82) is 0 Å². The summed E-state index contributed by atoms with van der Waals surface area (Å²) < 4.78 is 8.16. The lowest BCUT2D eigenvalue weighted by Gasteiger charge is -2.14. The highest BCUT2D eigenvalue weighted by molar-refractivity contribution is 7.98. The van der Waals surface area contributed by atoms with Gasteiger partial charge in [-0.25, -0.2) is 4.98 Å². The van der Waals surface area contributed by atoms with Crippen LogP contribution in [0.25, 0.3) is 0 Å². The molecule has 1 fully saturated rings. The molecular weight excluding hydrogens is 316 g/mol. The van der Waals surface area contributed by atoms with E-state index >= 15 is 0 Å². The Balaban J connectivity index is 1.69. The van der Waals surface area contributed by atoms with E-state index in [1.807, 2.05) is 11.8 Å². The van der Waals surface area contributed by atoms with Gasteiger partial charge >= 0.3 is 0 Å². The van der Waals surface area contributed by atoms with Crippen LogP contribution in [0.5, 0.6) is 0 Å². The Morgan fingerprint density at radius 1 is 1.25 bits per heavy atom. The molecule has 24 heavy (non-hydrogen) atoms. The second kappa shape index (κ2) is 7.75. The summed E-state index contributed by atoms with van der Waals surface area (Å²) in [6, 6.07) is 8.98. The zero-order chi connectivity index (χ0) is 17.1.